The van der Waals surface area contributed by atoms with Gasteiger partial charge in [-0.25, -0.2) is 9.78 Å². The Morgan fingerprint density at radius 3 is 2.00 bits per heavy atom. The number of hydrogen-bond acceptors (Lipinski definition) is 5. The van der Waals surface area contributed by atoms with E-state index in [0.717, 1.165) is 12.1 Å². The summed E-state index contributed by atoms with van der Waals surface area (Å²) in [6, 6.07) is 8.02. The number of amides is 1. The highest BCUT2D eigenvalue weighted by Crippen LogP contribution is 3.02. The minimum Gasteiger partial charge on any atom is -0.444 e. The molecule has 2 aromatic heterocycles. The van der Waals surface area contributed by atoms with Crippen LogP contribution in [0.15, 0.2) is 70.6 Å². The van der Waals surface area contributed by atoms with E-state index in [0.29, 0.717) is 11.1 Å². The summed E-state index contributed by atoms with van der Waals surface area (Å²) in [5.41, 5.74) is -0.142. The molecule has 1 amide bonds. The average molecular weight is 624 g/mol. The normalized spacial score (nSPS) is 12.3. The molecular weight excluding hydrogens is 581 g/mol. The zero-order valence-corrected chi connectivity index (χ0v) is 26.3. The van der Waals surface area contributed by atoms with E-state index >= 15 is 0 Å². The van der Waals surface area contributed by atoms with Gasteiger partial charge >= 0.3 is 16.3 Å². The van der Waals surface area contributed by atoms with Crippen LogP contribution in [0.1, 0.15) is 62.3 Å². The third kappa shape index (κ3) is 12.9. The second kappa shape index (κ2) is 15.0. The summed E-state index contributed by atoms with van der Waals surface area (Å²) in [5.74, 6) is -0.162. The summed E-state index contributed by atoms with van der Waals surface area (Å²) in [6.07, 6.45) is 2.24. The topological polar surface area (TPSA) is 82.4 Å². The van der Waals surface area contributed by atoms with E-state index in [1.54, 1.807) is 32.9 Å². The zero-order chi connectivity index (χ0) is 32.8. The summed E-state index contributed by atoms with van der Waals surface area (Å²) in [5, 5.41) is 2.55. The van der Waals surface area contributed by atoms with E-state index in [4.69, 9.17) is 9.47 Å². The van der Waals surface area contributed by atoms with Crippen LogP contribution >= 0.6 is 10.2 Å². The van der Waals surface area contributed by atoms with Crippen LogP contribution in [-0.4, -0.2) is 27.8 Å². The van der Waals surface area contributed by atoms with Crippen molar-refractivity contribution in [3.8, 4) is 22.8 Å². The zero-order valence-electron chi connectivity index (χ0n) is 25.5. The number of carbonyl (C=O) groups is 1. The largest absolute Gasteiger partial charge is 0.444 e. The van der Waals surface area contributed by atoms with Gasteiger partial charge in [-0.15, -0.1) is 0 Å². The maximum absolute atomic E-state index is 13.0. The number of ether oxygens (including phenoxy) is 2. The number of nitrogens with zero attached hydrogens (tertiary/aromatic N) is 2. The molecule has 238 valence electrons. The predicted molar refractivity (Wildman–Crippen MR) is 160 cm³/mol. The van der Waals surface area contributed by atoms with E-state index in [-0.39, 0.29) is 42.4 Å². The minimum absolute atomic E-state index is 0.0188. The van der Waals surface area contributed by atoms with Crippen molar-refractivity contribution in [1.82, 2.24) is 14.9 Å². The Morgan fingerprint density at radius 1 is 0.905 bits per heavy atom. The van der Waals surface area contributed by atoms with Gasteiger partial charge in [0.05, 0.1) is 0 Å². The fourth-order valence-electron chi connectivity index (χ4n) is 3.03. The third-order valence-corrected chi connectivity index (χ3v) is 5.73. The molecule has 3 aromatic rings. The summed E-state index contributed by atoms with van der Waals surface area (Å²) >= 11 is 0. The van der Waals surface area contributed by atoms with Gasteiger partial charge in [-0.1, -0.05) is 61.0 Å². The molecule has 0 bridgehead atoms. The summed E-state index contributed by atoms with van der Waals surface area (Å²) < 4.78 is 76.8. The van der Waals surface area contributed by atoms with Crippen molar-refractivity contribution < 1.29 is 33.7 Å². The summed E-state index contributed by atoms with van der Waals surface area (Å²) in [4.78, 5) is 26.1. The van der Waals surface area contributed by atoms with Gasteiger partial charge in [-0.3, -0.25) is 4.79 Å². The van der Waals surface area contributed by atoms with Crippen LogP contribution in [0, 0.1) is 0 Å². The lowest BCUT2D eigenvalue weighted by Crippen LogP contribution is -2.35. The van der Waals surface area contributed by atoms with Crippen molar-refractivity contribution in [1.29, 1.82) is 0 Å². The fraction of sp³-hybridized carbons (Fsp3) is 0.414. The molecule has 0 unspecified atom stereocenters. The minimum atomic E-state index is -9.80. The number of aromatic nitrogens is 2. The molecule has 13 heteroatoms. The number of pyridine rings is 2. The van der Waals surface area contributed by atoms with Gasteiger partial charge in [0.15, 0.2) is 0 Å². The van der Waals surface area contributed by atoms with Crippen LogP contribution in [0.25, 0.3) is 11.1 Å². The maximum atomic E-state index is 13.0. The van der Waals surface area contributed by atoms with Crippen LogP contribution < -0.4 is 15.6 Å². The first-order valence-electron chi connectivity index (χ1n) is 13.6. The van der Waals surface area contributed by atoms with E-state index < -0.39 is 26.8 Å². The quantitative estimate of drug-likeness (QED) is 0.265. The first kappa shape index (κ1) is 38.4. The first-order chi connectivity index (χ1) is 19.4. The standard InChI is InChI=1S/C23H24F5N3O4S.3C2H6/c1-23(2,3)35-22(33)30-13-14-31-15-16(6-11-20(31)32)19-5-4-12-29-21(19)34-17-7-9-18(10-8-17)36(24,25,26,27)28;3*1-2/h4-12,15H,13-14H2,1-3H3,(H,30,33);3*1-2H3. The van der Waals surface area contributed by atoms with E-state index in [1.165, 1.54) is 29.1 Å². The molecule has 0 aliphatic heterocycles. The molecule has 42 heavy (non-hydrogen) atoms. The second-order valence-corrected chi connectivity index (χ2v) is 11.2. The van der Waals surface area contributed by atoms with Gasteiger partial charge in [-0.2, -0.15) is 0 Å². The van der Waals surface area contributed by atoms with Crippen molar-refractivity contribution in [2.24, 2.45) is 0 Å². The highest BCUT2D eigenvalue weighted by molar-refractivity contribution is 8.45. The number of alkyl carbamates (subject to hydrolysis) is 1. The molecule has 3 rings (SSSR count). The van der Waals surface area contributed by atoms with Crippen LogP contribution in [0.4, 0.5) is 24.2 Å². The Bertz CT molecular complexity index is 1330. The SMILES string of the molecule is CC.CC.CC.CC(C)(C)OC(=O)NCCn1cc(-c2cccnc2Oc2ccc(S(F)(F)(F)(F)F)cc2)ccc1=O. The Hall–Kier alpha value is -3.61. The fourth-order valence-corrected chi connectivity index (χ4v) is 3.68. The van der Waals surface area contributed by atoms with Gasteiger partial charge < -0.3 is 19.4 Å². The summed E-state index contributed by atoms with van der Waals surface area (Å²) in [7, 11) is -9.80. The molecule has 0 fully saturated rings. The number of benzene rings is 1. The third-order valence-electron chi connectivity index (χ3n) is 4.57. The number of rotatable bonds is 7. The van der Waals surface area contributed by atoms with Gasteiger partial charge in [0.1, 0.15) is 16.2 Å². The number of carbonyl (C=O) groups excluding carboxylic acids is 1. The number of hydrogen-bond donors (Lipinski definition) is 1. The molecule has 2 heterocycles. The molecule has 7 nitrogen and oxygen atoms in total. The first-order valence-corrected chi connectivity index (χ1v) is 15.5. The van der Waals surface area contributed by atoms with E-state index in [2.05, 4.69) is 10.3 Å². The Balaban J connectivity index is 0.00000263. The van der Waals surface area contributed by atoms with Gasteiger partial charge in [-0.05, 0) is 63.2 Å². The highest BCUT2D eigenvalue weighted by Gasteiger charge is 2.65. The highest BCUT2D eigenvalue weighted by atomic mass is 32.5. The summed E-state index contributed by atoms with van der Waals surface area (Å²) in [6.45, 7) is 17.4. The smallest absolute Gasteiger partial charge is 0.407 e. The second-order valence-electron chi connectivity index (χ2n) is 8.78. The van der Waals surface area contributed by atoms with Crippen LogP contribution in [0.3, 0.4) is 0 Å². The van der Waals surface area contributed by atoms with Crippen molar-refractivity contribution in [2.45, 2.75) is 79.4 Å². The molecule has 0 radical (unpaired) electrons. The maximum Gasteiger partial charge on any atom is 0.407 e. The van der Waals surface area contributed by atoms with Crippen molar-refractivity contribution in [2.75, 3.05) is 6.54 Å². The Morgan fingerprint density at radius 2 is 1.48 bits per heavy atom. The number of halogens is 5. The van der Waals surface area contributed by atoms with Crippen LogP contribution in [-0.2, 0) is 11.3 Å². The van der Waals surface area contributed by atoms with E-state index in [9.17, 15) is 29.0 Å². The van der Waals surface area contributed by atoms with Crippen molar-refractivity contribution in [3.63, 3.8) is 0 Å². The lowest BCUT2D eigenvalue weighted by atomic mass is 10.1. The molecule has 0 atom stereocenters. The Kier molecular flexibility index (Phi) is 13.7. The van der Waals surface area contributed by atoms with Crippen LogP contribution in [0.5, 0.6) is 11.6 Å². The predicted octanol–water partition coefficient (Wildman–Crippen LogP) is 9.96. The lowest BCUT2D eigenvalue weighted by molar-refractivity contribution is 0.0526. The molecule has 1 aromatic carbocycles. The Labute approximate surface area is 244 Å². The molecule has 1 N–H and O–H groups in total. The van der Waals surface area contributed by atoms with Gasteiger partial charge in [0.25, 0.3) is 5.56 Å². The van der Waals surface area contributed by atoms with Gasteiger partial charge in [0.2, 0.25) is 5.88 Å². The molecule has 0 spiro atoms. The molecular formula is C29H42F5N3O4S. The molecule has 0 saturated carbocycles. The monoisotopic (exact) mass is 623 g/mol. The van der Waals surface area contributed by atoms with Gasteiger partial charge in [0, 0.05) is 42.7 Å². The molecule has 0 aliphatic carbocycles. The van der Waals surface area contributed by atoms with E-state index in [1.807, 2.05) is 41.5 Å². The van der Waals surface area contributed by atoms with Crippen molar-refractivity contribution >= 4 is 16.3 Å². The van der Waals surface area contributed by atoms with Crippen molar-refractivity contribution in [3.05, 3.63) is 71.3 Å². The molecule has 0 saturated heterocycles. The molecule has 0 aliphatic rings. The van der Waals surface area contributed by atoms with Crippen LogP contribution in [0.2, 0.25) is 0 Å². The average Bonchev–Trinajstić information content (AvgIpc) is 2.91. The lowest BCUT2D eigenvalue weighted by Gasteiger charge is -2.40. The number of nitrogens with one attached hydrogen (secondary N) is 1.